The Morgan fingerprint density at radius 1 is 1.17 bits per heavy atom. The lowest BCUT2D eigenvalue weighted by atomic mass is 10.1. The average molecular weight is 319 g/mol. The van der Waals surface area contributed by atoms with E-state index in [1.54, 1.807) is 0 Å². The number of amides is 2. The first kappa shape index (κ1) is 17.4. The summed E-state index contributed by atoms with van der Waals surface area (Å²) in [6, 6.07) is 8.25. The highest BCUT2D eigenvalue weighted by atomic mass is 16.5. The topological polar surface area (TPSA) is 44.8 Å². The molecular weight excluding hydrogens is 290 g/mol. The molecule has 0 radical (unpaired) electrons. The molecule has 5 nitrogen and oxygen atoms in total. The van der Waals surface area contributed by atoms with Gasteiger partial charge in [-0.05, 0) is 43.5 Å². The fourth-order valence-electron chi connectivity index (χ4n) is 2.67. The molecule has 1 heterocycles. The number of ether oxygens (including phenoxy) is 1. The Hall–Kier alpha value is -1.91. The molecule has 0 aliphatic carbocycles. The molecule has 0 bridgehead atoms. The van der Waals surface area contributed by atoms with Crippen molar-refractivity contribution >= 4 is 11.7 Å². The summed E-state index contributed by atoms with van der Waals surface area (Å²) in [7, 11) is 0. The second kappa shape index (κ2) is 8.65. The molecule has 23 heavy (non-hydrogen) atoms. The van der Waals surface area contributed by atoms with Gasteiger partial charge in [-0.2, -0.15) is 0 Å². The Morgan fingerprint density at radius 2 is 1.83 bits per heavy atom. The van der Waals surface area contributed by atoms with Crippen molar-refractivity contribution in [2.45, 2.75) is 27.2 Å². The van der Waals surface area contributed by atoms with Gasteiger partial charge < -0.3 is 19.9 Å². The molecule has 0 aromatic heterocycles. The van der Waals surface area contributed by atoms with Crippen LogP contribution in [-0.4, -0.2) is 50.3 Å². The number of benzene rings is 1. The predicted octanol–water partition coefficient (Wildman–Crippen LogP) is 2.96. The van der Waals surface area contributed by atoms with E-state index < -0.39 is 0 Å². The molecule has 1 aliphatic rings. The van der Waals surface area contributed by atoms with Gasteiger partial charge in [0.15, 0.2) is 0 Å². The molecule has 1 fully saturated rings. The Kier molecular flexibility index (Phi) is 6.56. The van der Waals surface area contributed by atoms with E-state index in [1.807, 2.05) is 24.0 Å². The van der Waals surface area contributed by atoms with Crippen LogP contribution in [0.2, 0.25) is 0 Å². The first-order valence-electron chi connectivity index (χ1n) is 8.60. The van der Waals surface area contributed by atoms with Crippen LogP contribution in [0.3, 0.4) is 0 Å². The minimum Gasteiger partial charge on any atom is -0.494 e. The normalized spacial score (nSPS) is 15.0. The fraction of sp³-hybridized carbons (Fsp3) is 0.611. The monoisotopic (exact) mass is 319 g/mol. The second-order valence-electron chi connectivity index (χ2n) is 6.32. The zero-order valence-electron chi connectivity index (χ0n) is 14.5. The molecule has 128 valence electrons. The maximum atomic E-state index is 12.1. The molecule has 2 amide bonds. The smallest absolute Gasteiger partial charge is 0.317 e. The van der Waals surface area contributed by atoms with Crippen LogP contribution in [0, 0.1) is 5.92 Å². The number of piperazine rings is 1. The zero-order valence-corrected chi connectivity index (χ0v) is 14.5. The van der Waals surface area contributed by atoms with E-state index in [4.69, 9.17) is 4.74 Å². The van der Waals surface area contributed by atoms with Crippen LogP contribution >= 0.6 is 0 Å². The minimum absolute atomic E-state index is 0.0667. The van der Waals surface area contributed by atoms with Gasteiger partial charge in [0.1, 0.15) is 5.75 Å². The summed E-state index contributed by atoms with van der Waals surface area (Å²) in [6.07, 6.45) is 1.03. The van der Waals surface area contributed by atoms with E-state index in [-0.39, 0.29) is 6.03 Å². The van der Waals surface area contributed by atoms with E-state index >= 15 is 0 Å². The third-order valence-corrected chi connectivity index (χ3v) is 4.08. The standard InChI is InChI=1S/C18H29N3O2/c1-4-23-17-7-5-16(6-8-17)20-11-13-21(14-12-20)18(22)19-10-9-15(2)3/h5-8,15H,4,9-14H2,1-3H3,(H,19,22). The molecule has 0 unspecified atom stereocenters. The highest BCUT2D eigenvalue weighted by molar-refractivity contribution is 5.74. The van der Waals surface area contributed by atoms with Gasteiger partial charge in [-0.15, -0.1) is 0 Å². The summed E-state index contributed by atoms with van der Waals surface area (Å²) in [5.41, 5.74) is 1.19. The maximum absolute atomic E-state index is 12.1. The second-order valence-corrected chi connectivity index (χ2v) is 6.32. The molecular formula is C18H29N3O2. The van der Waals surface area contributed by atoms with Crippen molar-refractivity contribution in [3.05, 3.63) is 24.3 Å². The number of nitrogens with zero attached hydrogens (tertiary/aromatic N) is 2. The molecule has 0 spiro atoms. The SMILES string of the molecule is CCOc1ccc(N2CCN(C(=O)NCCC(C)C)CC2)cc1. The highest BCUT2D eigenvalue weighted by Gasteiger charge is 2.21. The van der Waals surface area contributed by atoms with Crippen LogP contribution < -0.4 is 15.0 Å². The van der Waals surface area contributed by atoms with Gasteiger partial charge in [0.25, 0.3) is 0 Å². The van der Waals surface area contributed by atoms with Crippen molar-refractivity contribution in [1.29, 1.82) is 0 Å². The van der Waals surface area contributed by atoms with Crippen LogP contribution in [0.4, 0.5) is 10.5 Å². The maximum Gasteiger partial charge on any atom is 0.317 e. The lowest BCUT2D eigenvalue weighted by Crippen LogP contribution is -2.52. The quantitative estimate of drug-likeness (QED) is 0.877. The molecule has 1 N–H and O–H groups in total. The van der Waals surface area contributed by atoms with Gasteiger partial charge in [-0.25, -0.2) is 4.79 Å². The van der Waals surface area contributed by atoms with Gasteiger partial charge in [-0.3, -0.25) is 0 Å². The molecule has 1 saturated heterocycles. The van der Waals surface area contributed by atoms with Crippen LogP contribution in [0.15, 0.2) is 24.3 Å². The molecule has 1 aliphatic heterocycles. The number of nitrogens with one attached hydrogen (secondary N) is 1. The minimum atomic E-state index is 0.0667. The fourth-order valence-corrected chi connectivity index (χ4v) is 2.67. The van der Waals surface area contributed by atoms with Gasteiger partial charge in [-0.1, -0.05) is 13.8 Å². The summed E-state index contributed by atoms with van der Waals surface area (Å²) in [5, 5.41) is 3.01. The summed E-state index contributed by atoms with van der Waals surface area (Å²) < 4.78 is 5.47. The third-order valence-electron chi connectivity index (χ3n) is 4.08. The Bertz CT molecular complexity index is 480. The van der Waals surface area contributed by atoms with Crippen LogP contribution in [0.1, 0.15) is 27.2 Å². The average Bonchev–Trinajstić information content (AvgIpc) is 2.55. The lowest BCUT2D eigenvalue weighted by molar-refractivity contribution is 0.194. The van der Waals surface area contributed by atoms with Crippen LogP contribution in [0.25, 0.3) is 0 Å². The molecule has 0 saturated carbocycles. The van der Waals surface area contributed by atoms with Crippen molar-refractivity contribution in [3.8, 4) is 5.75 Å². The van der Waals surface area contributed by atoms with Crippen LogP contribution in [0.5, 0.6) is 5.75 Å². The van der Waals surface area contributed by atoms with Crippen molar-refractivity contribution in [1.82, 2.24) is 10.2 Å². The number of rotatable bonds is 6. The van der Waals surface area contributed by atoms with Crippen molar-refractivity contribution in [2.75, 3.05) is 44.2 Å². The molecule has 2 rings (SSSR count). The number of carbonyl (C=O) groups excluding carboxylic acids is 1. The third kappa shape index (κ3) is 5.34. The van der Waals surface area contributed by atoms with E-state index in [0.29, 0.717) is 12.5 Å². The van der Waals surface area contributed by atoms with Gasteiger partial charge >= 0.3 is 6.03 Å². The Morgan fingerprint density at radius 3 is 2.39 bits per heavy atom. The number of hydrogen-bond acceptors (Lipinski definition) is 3. The Balaban J connectivity index is 1.77. The lowest BCUT2D eigenvalue weighted by Gasteiger charge is -2.36. The zero-order chi connectivity index (χ0) is 16.7. The van der Waals surface area contributed by atoms with Crippen molar-refractivity contribution in [2.24, 2.45) is 5.92 Å². The summed E-state index contributed by atoms with van der Waals surface area (Å²) in [4.78, 5) is 16.3. The van der Waals surface area contributed by atoms with E-state index in [9.17, 15) is 4.79 Å². The molecule has 1 aromatic rings. The first-order chi connectivity index (χ1) is 11.1. The van der Waals surface area contributed by atoms with Gasteiger partial charge in [0.05, 0.1) is 6.61 Å². The van der Waals surface area contributed by atoms with Gasteiger partial charge in [0, 0.05) is 38.4 Å². The first-order valence-corrected chi connectivity index (χ1v) is 8.60. The Labute approximate surface area is 139 Å². The number of anilines is 1. The number of carbonyl (C=O) groups is 1. The highest BCUT2D eigenvalue weighted by Crippen LogP contribution is 2.20. The van der Waals surface area contributed by atoms with Crippen molar-refractivity contribution in [3.63, 3.8) is 0 Å². The van der Waals surface area contributed by atoms with E-state index in [0.717, 1.165) is 44.9 Å². The van der Waals surface area contributed by atoms with Crippen molar-refractivity contribution < 1.29 is 9.53 Å². The summed E-state index contributed by atoms with van der Waals surface area (Å²) in [6.45, 7) is 11.0. The number of urea groups is 1. The predicted molar refractivity (Wildman–Crippen MR) is 94.3 cm³/mol. The van der Waals surface area contributed by atoms with E-state index in [1.165, 1.54) is 5.69 Å². The van der Waals surface area contributed by atoms with E-state index in [2.05, 4.69) is 36.2 Å². The molecule has 1 aromatic carbocycles. The van der Waals surface area contributed by atoms with Crippen LogP contribution in [-0.2, 0) is 0 Å². The molecule has 5 heteroatoms. The summed E-state index contributed by atoms with van der Waals surface area (Å²) in [5.74, 6) is 1.52. The summed E-state index contributed by atoms with van der Waals surface area (Å²) >= 11 is 0. The largest absolute Gasteiger partial charge is 0.494 e. The number of hydrogen-bond donors (Lipinski definition) is 1. The molecule has 0 atom stereocenters. The van der Waals surface area contributed by atoms with Gasteiger partial charge in [0.2, 0.25) is 0 Å².